The fraction of sp³-hybridized carbons (Fsp3) is 0.929. The molecule has 1 N–H and O–H groups in total. The maximum Gasteiger partial charge on any atom is 0.0638 e. The van der Waals surface area contributed by atoms with Gasteiger partial charge in [0.2, 0.25) is 0 Å². The van der Waals surface area contributed by atoms with Gasteiger partial charge in [0, 0.05) is 18.6 Å². The summed E-state index contributed by atoms with van der Waals surface area (Å²) in [7, 11) is 0. The standard InChI is InChI=1S/C14H27N3/c1-4-14(7-8-15)17-9-5-6-13(11-17)10-16-12(2)3/h12-14,16H,4-7,9-11H2,1-3H3. The first kappa shape index (κ1) is 14.5. The van der Waals surface area contributed by atoms with E-state index in [0.717, 1.165) is 18.9 Å². The molecule has 0 saturated carbocycles. The molecule has 0 radical (unpaired) electrons. The second-order valence-corrected chi connectivity index (χ2v) is 5.49. The SMILES string of the molecule is CCC(CC#N)N1CCCC(CNC(C)C)C1. The van der Waals surface area contributed by atoms with Gasteiger partial charge in [-0.15, -0.1) is 0 Å². The summed E-state index contributed by atoms with van der Waals surface area (Å²) in [5.41, 5.74) is 0. The predicted molar refractivity (Wildman–Crippen MR) is 71.7 cm³/mol. The summed E-state index contributed by atoms with van der Waals surface area (Å²) in [6.07, 6.45) is 4.39. The molecule has 0 aromatic carbocycles. The third-order valence-corrected chi connectivity index (χ3v) is 3.68. The lowest BCUT2D eigenvalue weighted by Gasteiger charge is -2.37. The summed E-state index contributed by atoms with van der Waals surface area (Å²) in [5, 5.41) is 12.4. The van der Waals surface area contributed by atoms with Gasteiger partial charge in [0.25, 0.3) is 0 Å². The Balaban J connectivity index is 2.39. The van der Waals surface area contributed by atoms with E-state index < -0.39 is 0 Å². The van der Waals surface area contributed by atoms with E-state index in [2.05, 4.69) is 37.1 Å². The third kappa shape index (κ3) is 5.06. The molecule has 0 aliphatic carbocycles. The number of piperidine rings is 1. The van der Waals surface area contributed by atoms with E-state index in [1.807, 2.05) is 0 Å². The smallest absolute Gasteiger partial charge is 0.0638 e. The second-order valence-electron chi connectivity index (χ2n) is 5.49. The Labute approximate surface area is 106 Å². The zero-order valence-corrected chi connectivity index (χ0v) is 11.6. The molecule has 0 aromatic heterocycles. The van der Waals surface area contributed by atoms with Crippen molar-refractivity contribution in [3.8, 4) is 6.07 Å². The van der Waals surface area contributed by atoms with Crippen LogP contribution < -0.4 is 5.32 Å². The predicted octanol–water partition coefficient (Wildman–Crippen LogP) is 2.39. The van der Waals surface area contributed by atoms with Gasteiger partial charge in [-0.25, -0.2) is 0 Å². The van der Waals surface area contributed by atoms with Crippen LogP contribution in [0.1, 0.15) is 46.5 Å². The van der Waals surface area contributed by atoms with Crippen LogP contribution in [0, 0.1) is 17.2 Å². The van der Waals surface area contributed by atoms with Gasteiger partial charge in [-0.2, -0.15) is 5.26 Å². The molecule has 0 amide bonds. The van der Waals surface area contributed by atoms with Gasteiger partial charge in [0.15, 0.2) is 0 Å². The van der Waals surface area contributed by atoms with Gasteiger partial charge in [-0.05, 0) is 38.3 Å². The molecule has 17 heavy (non-hydrogen) atoms. The number of likely N-dealkylation sites (tertiary alicyclic amines) is 1. The van der Waals surface area contributed by atoms with Crippen LogP contribution in [-0.4, -0.2) is 36.6 Å². The average molecular weight is 237 g/mol. The minimum atomic E-state index is 0.474. The van der Waals surface area contributed by atoms with E-state index in [1.54, 1.807) is 0 Å². The molecule has 0 spiro atoms. The minimum Gasteiger partial charge on any atom is -0.314 e. The average Bonchev–Trinajstić information content (AvgIpc) is 2.34. The van der Waals surface area contributed by atoms with E-state index in [0.29, 0.717) is 18.5 Å². The fourth-order valence-corrected chi connectivity index (χ4v) is 2.63. The number of hydrogen-bond acceptors (Lipinski definition) is 3. The van der Waals surface area contributed by atoms with Crippen molar-refractivity contribution in [1.82, 2.24) is 10.2 Å². The van der Waals surface area contributed by atoms with E-state index in [-0.39, 0.29) is 0 Å². The highest BCUT2D eigenvalue weighted by Gasteiger charge is 2.24. The zero-order chi connectivity index (χ0) is 12.7. The van der Waals surface area contributed by atoms with Gasteiger partial charge < -0.3 is 5.32 Å². The maximum atomic E-state index is 8.85. The lowest BCUT2D eigenvalue weighted by Crippen LogP contribution is -2.45. The lowest BCUT2D eigenvalue weighted by atomic mass is 9.95. The maximum absolute atomic E-state index is 8.85. The molecule has 1 aliphatic rings. The molecule has 0 aromatic rings. The summed E-state index contributed by atoms with van der Waals surface area (Å²) in [5.74, 6) is 0.763. The van der Waals surface area contributed by atoms with Crippen LogP contribution in [0.4, 0.5) is 0 Å². The number of nitrogens with zero attached hydrogens (tertiary/aromatic N) is 2. The Morgan fingerprint density at radius 1 is 1.47 bits per heavy atom. The van der Waals surface area contributed by atoms with E-state index in [9.17, 15) is 0 Å². The monoisotopic (exact) mass is 237 g/mol. The molecule has 1 aliphatic heterocycles. The largest absolute Gasteiger partial charge is 0.314 e. The molecular weight excluding hydrogens is 210 g/mol. The second kappa shape index (κ2) is 7.68. The zero-order valence-electron chi connectivity index (χ0n) is 11.6. The van der Waals surface area contributed by atoms with Crippen LogP contribution in [0.5, 0.6) is 0 Å². The Bertz CT molecular complexity index is 244. The number of nitrogens with one attached hydrogen (secondary N) is 1. The van der Waals surface area contributed by atoms with Crippen LogP contribution in [0.2, 0.25) is 0 Å². The molecule has 1 fully saturated rings. The Morgan fingerprint density at radius 3 is 2.82 bits per heavy atom. The van der Waals surface area contributed by atoms with Crippen molar-refractivity contribution < 1.29 is 0 Å². The first-order valence-corrected chi connectivity index (χ1v) is 7.01. The normalized spacial score (nSPS) is 23.6. The van der Waals surface area contributed by atoms with E-state index in [1.165, 1.54) is 25.9 Å². The minimum absolute atomic E-state index is 0.474. The first-order valence-electron chi connectivity index (χ1n) is 7.01. The van der Waals surface area contributed by atoms with Crippen molar-refractivity contribution in [3.05, 3.63) is 0 Å². The molecule has 98 valence electrons. The highest BCUT2D eigenvalue weighted by Crippen LogP contribution is 2.20. The van der Waals surface area contributed by atoms with Crippen LogP contribution in [0.25, 0.3) is 0 Å². The van der Waals surface area contributed by atoms with E-state index >= 15 is 0 Å². The Morgan fingerprint density at radius 2 is 2.24 bits per heavy atom. The Kier molecular flexibility index (Phi) is 6.54. The fourth-order valence-electron chi connectivity index (χ4n) is 2.63. The summed E-state index contributed by atoms with van der Waals surface area (Å²) in [6, 6.07) is 3.37. The highest BCUT2D eigenvalue weighted by molar-refractivity contribution is 4.85. The molecule has 3 nitrogen and oxygen atoms in total. The summed E-state index contributed by atoms with van der Waals surface area (Å²) >= 11 is 0. The van der Waals surface area contributed by atoms with Crippen molar-refractivity contribution >= 4 is 0 Å². The van der Waals surface area contributed by atoms with Gasteiger partial charge >= 0.3 is 0 Å². The van der Waals surface area contributed by atoms with Gasteiger partial charge in [-0.1, -0.05) is 20.8 Å². The van der Waals surface area contributed by atoms with Crippen LogP contribution in [0.15, 0.2) is 0 Å². The molecule has 1 heterocycles. The third-order valence-electron chi connectivity index (χ3n) is 3.68. The van der Waals surface area contributed by atoms with Crippen molar-refractivity contribution in [1.29, 1.82) is 5.26 Å². The molecule has 2 atom stereocenters. The highest BCUT2D eigenvalue weighted by atomic mass is 15.2. The van der Waals surface area contributed by atoms with Crippen molar-refractivity contribution in [2.75, 3.05) is 19.6 Å². The van der Waals surface area contributed by atoms with Gasteiger partial charge in [-0.3, -0.25) is 4.90 Å². The number of nitriles is 1. The molecule has 0 bridgehead atoms. The van der Waals surface area contributed by atoms with Crippen molar-refractivity contribution in [2.45, 2.75) is 58.5 Å². The molecule has 1 rings (SSSR count). The van der Waals surface area contributed by atoms with Crippen LogP contribution in [-0.2, 0) is 0 Å². The summed E-state index contributed by atoms with van der Waals surface area (Å²) < 4.78 is 0. The molecule has 2 unspecified atom stereocenters. The van der Waals surface area contributed by atoms with Crippen LogP contribution >= 0.6 is 0 Å². The number of rotatable bonds is 6. The topological polar surface area (TPSA) is 39.1 Å². The van der Waals surface area contributed by atoms with Crippen molar-refractivity contribution in [3.63, 3.8) is 0 Å². The summed E-state index contributed by atoms with van der Waals surface area (Å²) in [6.45, 7) is 10.1. The van der Waals surface area contributed by atoms with Crippen molar-refractivity contribution in [2.24, 2.45) is 5.92 Å². The lowest BCUT2D eigenvalue weighted by molar-refractivity contribution is 0.119. The van der Waals surface area contributed by atoms with Gasteiger partial charge in [0.05, 0.1) is 12.5 Å². The molecular formula is C14H27N3. The molecule has 3 heteroatoms. The van der Waals surface area contributed by atoms with E-state index in [4.69, 9.17) is 5.26 Å². The number of hydrogen-bond donors (Lipinski definition) is 1. The summed E-state index contributed by atoms with van der Waals surface area (Å²) in [4.78, 5) is 2.53. The van der Waals surface area contributed by atoms with Crippen LogP contribution in [0.3, 0.4) is 0 Å². The first-order chi connectivity index (χ1) is 8.17. The quantitative estimate of drug-likeness (QED) is 0.771. The van der Waals surface area contributed by atoms with Gasteiger partial charge in [0.1, 0.15) is 0 Å². The Hall–Kier alpha value is -0.590. The molecule has 1 saturated heterocycles.